The minimum Gasteiger partial charge on any atom is -0.321 e. The molecule has 1 unspecified atom stereocenters. The summed E-state index contributed by atoms with van der Waals surface area (Å²) in [5, 5.41) is 0.744. The third kappa shape index (κ3) is 2.74. The fourth-order valence-corrected chi connectivity index (χ4v) is 3.30. The van der Waals surface area contributed by atoms with Crippen LogP contribution in [0.4, 0.5) is 0 Å². The van der Waals surface area contributed by atoms with E-state index in [4.69, 9.17) is 17.3 Å². The van der Waals surface area contributed by atoms with Gasteiger partial charge in [0.1, 0.15) is 0 Å². The molecule has 0 aliphatic heterocycles. The van der Waals surface area contributed by atoms with E-state index in [1.165, 1.54) is 36.0 Å². The highest BCUT2D eigenvalue weighted by molar-refractivity contribution is 6.30. The van der Waals surface area contributed by atoms with Gasteiger partial charge in [-0.3, -0.25) is 0 Å². The number of aryl methyl sites for hydroxylation is 2. The van der Waals surface area contributed by atoms with Crippen LogP contribution in [0.5, 0.6) is 0 Å². The fraction of sp³-hybridized carbons (Fsp3) is 0.333. The van der Waals surface area contributed by atoms with Gasteiger partial charge in [-0.1, -0.05) is 41.9 Å². The Bertz CT molecular complexity index is 631. The van der Waals surface area contributed by atoms with Crippen molar-refractivity contribution in [3.8, 4) is 0 Å². The van der Waals surface area contributed by atoms with Gasteiger partial charge in [-0.2, -0.15) is 0 Å². The molecule has 1 atom stereocenters. The van der Waals surface area contributed by atoms with Gasteiger partial charge in [-0.15, -0.1) is 0 Å². The van der Waals surface area contributed by atoms with Gasteiger partial charge in [0, 0.05) is 10.6 Å². The Hall–Kier alpha value is -1.31. The summed E-state index contributed by atoms with van der Waals surface area (Å²) in [6, 6.07) is 14.7. The zero-order valence-corrected chi connectivity index (χ0v) is 12.6. The third-order valence-electron chi connectivity index (χ3n) is 4.22. The van der Waals surface area contributed by atoms with Crippen molar-refractivity contribution in [2.24, 2.45) is 5.73 Å². The van der Waals surface area contributed by atoms with E-state index in [9.17, 15) is 0 Å². The van der Waals surface area contributed by atoms with E-state index >= 15 is 0 Å². The van der Waals surface area contributed by atoms with Gasteiger partial charge >= 0.3 is 0 Å². The number of nitrogens with two attached hydrogens (primary N) is 1. The molecule has 2 heteroatoms. The summed E-state index contributed by atoms with van der Waals surface area (Å²) >= 11 is 6.08. The molecule has 104 valence electrons. The first-order valence-electron chi connectivity index (χ1n) is 7.20. The van der Waals surface area contributed by atoms with Crippen LogP contribution in [-0.2, 0) is 24.8 Å². The second kappa shape index (κ2) is 5.23. The van der Waals surface area contributed by atoms with Gasteiger partial charge in [-0.25, -0.2) is 0 Å². The number of hydrogen-bond donors (Lipinski definition) is 1. The van der Waals surface area contributed by atoms with Gasteiger partial charge in [0.2, 0.25) is 0 Å². The van der Waals surface area contributed by atoms with Gasteiger partial charge in [0.15, 0.2) is 0 Å². The third-order valence-corrected chi connectivity index (χ3v) is 4.45. The number of halogens is 1. The maximum absolute atomic E-state index is 6.53. The Morgan fingerprint density at radius 1 is 1.10 bits per heavy atom. The molecular formula is C18H20ClN. The summed E-state index contributed by atoms with van der Waals surface area (Å²) in [6.07, 6.45) is 4.55. The van der Waals surface area contributed by atoms with Crippen LogP contribution in [0, 0.1) is 0 Å². The molecule has 2 N–H and O–H groups in total. The molecule has 1 aliphatic carbocycles. The number of hydrogen-bond acceptors (Lipinski definition) is 1. The Labute approximate surface area is 125 Å². The molecule has 20 heavy (non-hydrogen) atoms. The van der Waals surface area contributed by atoms with Crippen LogP contribution < -0.4 is 5.73 Å². The van der Waals surface area contributed by atoms with Crippen LogP contribution in [0.3, 0.4) is 0 Å². The van der Waals surface area contributed by atoms with Crippen molar-refractivity contribution in [3.05, 3.63) is 69.7 Å². The van der Waals surface area contributed by atoms with Crippen molar-refractivity contribution < 1.29 is 0 Å². The monoisotopic (exact) mass is 285 g/mol. The molecule has 2 aromatic carbocycles. The molecule has 3 rings (SSSR count). The summed E-state index contributed by atoms with van der Waals surface area (Å²) in [5.41, 5.74) is 11.6. The zero-order valence-electron chi connectivity index (χ0n) is 11.8. The van der Waals surface area contributed by atoms with E-state index in [0.717, 1.165) is 17.0 Å². The van der Waals surface area contributed by atoms with Crippen LogP contribution in [-0.4, -0.2) is 0 Å². The molecule has 0 saturated carbocycles. The largest absolute Gasteiger partial charge is 0.321 e. The fourth-order valence-electron chi connectivity index (χ4n) is 3.10. The molecule has 0 fully saturated rings. The van der Waals surface area contributed by atoms with Crippen LogP contribution in [0.25, 0.3) is 0 Å². The zero-order chi connectivity index (χ0) is 14.2. The highest BCUT2D eigenvalue weighted by Crippen LogP contribution is 2.28. The van der Waals surface area contributed by atoms with E-state index in [0.29, 0.717) is 0 Å². The average Bonchev–Trinajstić information content (AvgIpc) is 2.85. The summed E-state index contributed by atoms with van der Waals surface area (Å²) < 4.78 is 0. The van der Waals surface area contributed by atoms with Crippen molar-refractivity contribution in [1.82, 2.24) is 0 Å². The lowest BCUT2D eigenvalue weighted by Crippen LogP contribution is -2.35. The molecule has 0 spiro atoms. The summed E-state index contributed by atoms with van der Waals surface area (Å²) in [6.45, 7) is 2.08. The van der Waals surface area contributed by atoms with E-state index < -0.39 is 5.54 Å². The van der Waals surface area contributed by atoms with Crippen LogP contribution in [0.1, 0.15) is 35.6 Å². The minimum absolute atomic E-state index is 0.391. The van der Waals surface area contributed by atoms with Crippen LogP contribution >= 0.6 is 11.6 Å². The SMILES string of the molecule is CC(N)(Cc1ccc2c(c1)CCC2)c1cccc(Cl)c1. The van der Waals surface area contributed by atoms with E-state index in [1.54, 1.807) is 0 Å². The lowest BCUT2D eigenvalue weighted by molar-refractivity contribution is 0.491. The standard InChI is InChI=1S/C18H20ClN/c1-18(20,16-6-3-7-17(19)11-16)12-13-8-9-14-4-2-5-15(14)10-13/h3,6-11H,2,4-5,12,20H2,1H3. The Kier molecular flexibility index (Phi) is 3.57. The second-order valence-corrected chi connectivity index (χ2v) is 6.50. The highest BCUT2D eigenvalue weighted by atomic mass is 35.5. The van der Waals surface area contributed by atoms with Crippen LogP contribution in [0.2, 0.25) is 5.02 Å². The molecule has 0 saturated heterocycles. The van der Waals surface area contributed by atoms with Gasteiger partial charge < -0.3 is 5.73 Å². The Morgan fingerprint density at radius 3 is 2.70 bits per heavy atom. The van der Waals surface area contributed by atoms with Crippen molar-refractivity contribution in [3.63, 3.8) is 0 Å². The first-order chi connectivity index (χ1) is 9.54. The molecule has 2 aromatic rings. The molecular weight excluding hydrogens is 266 g/mol. The Balaban J connectivity index is 1.86. The maximum atomic E-state index is 6.53. The van der Waals surface area contributed by atoms with Gasteiger partial charge in [0.05, 0.1) is 0 Å². The minimum atomic E-state index is -0.391. The second-order valence-electron chi connectivity index (χ2n) is 6.06. The lowest BCUT2D eigenvalue weighted by Gasteiger charge is -2.26. The number of rotatable bonds is 3. The molecule has 0 radical (unpaired) electrons. The van der Waals surface area contributed by atoms with Crippen molar-refractivity contribution in [1.29, 1.82) is 0 Å². The van der Waals surface area contributed by atoms with E-state index in [-0.39, 0.29) is 0 Å². The smallest absolute Gasteiger partial charge is 0.0422 e. The number of fused-ring (bicyclic) bond motifs is 1. The predicted molar refractivity (Wildman–Crippen MR) is 85.2 cm³/mol. The number of benzene rings is 2. The van der Waals surface area contributed by atoms with E-state index in [2.05, 4.69) is 31.2 Å². The first kappa shape index (κ1) is 13.7. The normalized spacial score (nSPS) is 16.8. The summed E-state index contributed by atoms with van der Waals surface area (Å²) in [5.74, 6) is 0. The molecule has 1 nitrogen and oxygen atoms in total. The topological polar surface area (TPSA) is 26.0 Å². The van der Waals surface area contributed by atoms with Gasteiger partial charge in [-0.05, 0) is 67.0 Å². The quantitative estimate of drug-likeness (QED) is 0.896. The van der Waals surface area contributed by atoms with Gasteiger partial charge in [0.25, 0.3) is 0 Å². The molecule has 0 amide bonds. The van der Waals surface area contributed by atoms with Crippen LogP contribution in [0.15, 0.2) is 42.5 Å². The highest BCUT2D eigenvalue weighted by Gasteiger charge is 2.22. The summed E-state index contributed by atoms with van der Waals surface area (Å²) in [4.78, 5) is 0. The average molecular weight is 286 g/mol. The molecule has 1 aliphatic rings. The molecule has 0 heterocycles. The predicted octanol–water partition coefficient (Wildman–Crippen LogP) is 4.25. The Morgan fingerprint density at radius 2 is 1.90 bits per heavy atom. The lowest BCUT2D eigenvalue weighted by atomic mass is 9.86. The molecule has 0 aromatic heterocycles. The van der Waals surface area contributed by atoms with Crippen molar-refractivity contribution in [2.75, 3.05) is 0 Å². The van der Waals surface area contributed by atoms with Crippen molar-refractivity contribution in [2.45, 2.75) is 38.1 Å². The summed E-state index contributed by atoms with van der Waals surface area (Å²) in [7, 11) is 0. The maximum Gasteiger partial charge on any atom is 0.0422 e. The first-order valence-corrected chi connectivity index (χ1v) is 7.58. The van der Waals surface area contributed by atoms with E-state index in [1.807, 2.05) is 18.2 Å². The molecule has 0 bridgehead atoms. The van der Waals surface area contributed by atoms with Crippen molar-refractivity contribution >= 4 is 11.6 Å².